The maximum atomic E-state index is 13.6. The Balaban J connectivity index is 1.45. The van der Waals surface area contributed by atoms with Crippen LogP contribution in [0.4, 0.5) is 17.1 Å². The van der Waals surface area contributed by atoms with Crippen molar-refractivity contribution in [2.45, 2.75) is 6.17 Å². The topological polar surface area (TPSA) is 113 Å². The fraction of sp³-hybridized carbons (Fsp3) is 0.296. The first-order valence-corrected chi connectivity index (χ1v) is 13.8. The van der Waals surface area contributed by atoms with Gasteiger partial charge < -0.3 is 34.6 Å². The summed E-state index contributed by atoms with van der Waals surface area (Å²) < 4.78 is 16.1. The molecule has 0 spiro atoms. The highest BCUT2D eigenvalue weighted by molar-refractivity contribution is 7.80. The first-order valence-electron chi connectivity index (χ1n) is 12.6. The summed E-state index contributed by atoms with van der Waals surface area (Å²) in [6.07, 6.45) is 0.423. The third-order valence-corrected chi connectivity index (χ3v) is 7.34. The van der Waals surface area contributed by atoms with Crippen molar-refractivity contribution in [2.24, 2.45) is 4.99 Å². The fourth-order valence-electron chi connectivity index (χ4n) is 4.56. The number of benzene rings is 2. The Labute approximate surface area is 252 Å². The molecule has 2 aliphatic rings. The minimum Gasteiger partial charge on any atom is -0.480 e. The van der Waals surface area contributed by atoms with Crippen LogP contribution < -0.4 is 29.9 Å². The van der Waals surface area contributed by atoms with Gasteiger partial charge >= 0.3 is 6.01 Å². The van der Waals surface area contributed by atoms with Gasteiger partial charge in [0.15, 0.2) is 5.11 Å². The number of fused-ring (bicyclic) bond motifs is 1. The van der Waals surface area contributed by atoms with Crippen LogP contribution in [-0.2, 0) is 9.53 Å². The normalized spacial score (nSPS) is 16.9. The molecule has 1 aromatic heterocycles. The van der Waals surface area contributed by atoms with Crippen LogP contribution in [-0.4, -0.2) is 80.4 Å². The number of amides is 1. The van der Waals surface area contributed by atoms with Crippen LogP contribution in [0, 0.1) is 0 Å². The number of aliphatic imine (C=N–C) groups is 1. The molecule has 1 fully saturated rings. The van der Waals surface area contributed by atoms with Crippen LogP contribution >= 0.6 is 35.4 Å². The molecule has 14 heteroatoms. The standard InChI is InChI=1S/C27H27Cl2N7O4S/c1-35-20-6-4-15(28)12-17(20)22(18-14-30-26(39-3)34-24(18)38-2)32-23(25(35)37)33-27(41)31-16-5-7-21(19(29)13-16)36-8-10-40-11-9-36/h4-7,12-14,23H,8-11H2,1-3H3,(H2,31,33,41). The number of aromatic nitrogens is 2. The molecule has 41 heavy (non-hydrogen) atoms. The van der Waals surface area contributed by atoms with E-state index in [1.165, 1.54) is 25.3 Å². The van der Waals surface area contributed by atoms with Crippen molar-refractivity contribution in [3.63, 3.8) is 0 Å². The van der Waals surface area contributed by atoms with E-state index < -0.39 is 6.17 Å². The van der Waals surface area contributed by atoms with Gasteiger partial charge in [0, 0.05) is 42.6 Å². The molecule has 214 valence electrons. The first-order chi connectivity index (χ1) is 19.8. The second-order valence-corrected chi connectivity index (χ2v) is 10.3. The van der Waals surface area contributed by atoms with Crippen LogP contribution in [0.2, 0.25) is 10.0 Å². The Morgan fingerprint density at radius 2 is 1.83 bits per heavy atom. The monoisotopic (exact) mass is 615 g/mol. The number of hydrogen-bond acceptors (Lipinski definition) is 9. The highest BCUT2D eigenvalue weighted by Crippen LogP contribution is 2.33. The summed E-state index contributed by atoms with van der Waals surface area (Å²) >= 11 is 18.5. The maximum absolute atomic E-state index is 13.6. The number of rotatable bonds is 6. The number of ether oxygens (including phenoxy) is 3. The lowest BCUT2D eigenvalue weighted by atomic mass is 10.0. The van der Waals surface area contributed by atoms with E-state index in [1.807, 2.05) is 12.1 Å². The van der Waals surface area contributed by atoms with Gasteiger partial charge in [-0.3, -0.25) is 4.79 Å². The van der Waals surface area contributed by atoms with Crippen molar-refractivity contribution in [3.8, 4) is 11.9 Å². The lowest BCUT2D eigenvalue weighted by molar-refractivity contribution is -0.119. The molecule has 1 unspecified atom stereocenters. The molecule has 0 aliphatic carbocycles. The summed E-state index contributed by atoms with van der Waals surface area (Å²) in [6, 6.07) is 10.9. The van der Waals surface area contributed by atoms with E-state index in [4.69, 9.17) is 54.6 Å². The maximum Gasteiger partial charge on any atom is 0.319 e. The number of carbonyl (C=O) groups is 1. The van der Waals surface area contributed by atoms with E-state index in [9.17, 15) is 4.79 Å². The molecule has 2 aromatic carbocycles. The van der Waals surface area contributed by atoms with Crippen molar-refractivity contribution in [1.82, 2.24) is 15.3 Å². The van der Waals surface area contributed by atoms with Crippen molar-refractivity contribution >= 4 is 69.2 Å². The molecule has 1 atom stereocenters. The zero-order chi connectivity index (χ0) is 29.1. The number of thiocarbonyl (C=S) groups is 1. The summed E-state index contributed by atoms with van der Waals surface area (Å²) in [6.45, 7) is 2.84. The largest absolute Gasteiger partial charge is 0.480 e. The number of likely N-dealkylation sites (N-methyl/N-ethyl adjacent to an activating group) is 1. The van der Waals surface area contributed by atoms with Gasteiger partial charge in [-0.25, -0.2) is 9.98 Å². The van der Waals surface area contributed by atoms with Crippen molar-refractivity contribution < 1.29 is 19.0 Å². The van der Waals surface area contributed by atoms with Crippen molar-refractivity contribution in [1.29, 1.82) is 0 Å². The number of nitrogens with zero attached hydrogens (tertiary/aromatic N) is 5. The van der Waals surface area contributed by atoms with Crippen molar-refractivity contribution in [2.75, 3.05) is 62.7 Å². The lowest BCUT2D eigenvalue weighted by Gasteiger charge is -2.29. The quantitative estimate of drug-likeness (QED) is 0.397. The molecule has 2 aliphatic heterocycles. The molecule has 5 rings (SSSR count). The Bertz CT molecular complexity index is 1520. The molecule has 0 saturated carbocycles. The molecular formula is C27H27Cl2N7O4S. The van der Waals surface area contributed by atoms with Crippen LogP contribution in [0.1, 0.15) is 11.1 Å². The van der Waals surface area contributed by atoms with E-state index in [-0.39, 0.29) is 22.9 Å². The number of benzodiazepines with no additional fused rings is 1. The molecule has 0 radical (unpaired) electrons. The van der Waals surface area contributed by atoms with Gasteiger partial charge in [0.25, 0.3) is 5.91 Å². The Hall–Kier alpha value is -3.71. The van der Waals surface area contributed by atoms with E-state index in [0.29, 0.717) is 51.5 Å². The Kier molecular flexibility index (Phi) is 8.74. The fourth-order valence-corrected chi connectivity index (χ4v) is 5.26. The number of hydrogen-bond donors (Lipinski definition) is 2. The van der Waals surface area contributed by atoms with Crippen molar-refractivity contribution in [3.05, 3.63) is 63.8 Å². The zero-order valence-electron chi connectivity index (χ0n) is 22.5. The number of anilines is 3. The third-order valence-electron chi connectivity index (χ3n) is 6.59. The van der Waals surface area contributed by atoms with Gasteiger partial charge in [-0.1, -0.05) is 23.2 Å². The molecular weight excluding hydrogens is 589 g/mol. The van der Waals surface area contributed by atoms with Gasteiger partial charge in [0.1, 0.15) is 0 Å². The zero-order valence-corrected chi connectivity index (χ0v) is 24.8. The van der Waals surface area contributed by atoms with Crippen LogP contribution in [0.15, 0.2) is 47.6 Å². The smallest absolute Gasteiger partial charge is 0.319 e. The van der Waals surface area contributed by atoms with E-state index in [1.54, 1.807) is 31.3 Å². The van der Waals surface area contributed by atoms with Crippen LogP contribution in [0.3, 0.4) is 0 Å². The van der Waals surface area contributed by atoms with E-state index in [0.717, 1.165) is 18.8 Å². The minimum atomic E-state index is -1.10. The SMILES string of the molecule is COc1ncc(C2=NC(NC(=S)Nc3ccc(N4CCOCC4)c(Cl)c3)C(=O)N(C)c3ccc(Cl)cc32)c(OC)n1. The summed E-state index contributed by atoms with van der Waals surface area (Å²) in [7, 11) is 4.59. The molecule has 3 aromatic rings. The third kappa shape index (κ3) is 6.15. The predicted molar refractivity (Wildman–Crippen MR) is 163 cm³/mol. The number of nitrogens with one attached hydrogen (secondary N) is 2. The summed E-state index contributed by atoms with van der Waals surface area (Å²) in [5.74, 6) is -0.130. The molecule has 11 nitrogen and oxygen atoms in total. The Morgan fingerprint density at radius 3 is 2.54 bits per heavy atom. The number of morpholine rings is 1. The van der Waals surface area contributed by atoms with E-state index >= 15 is 0 Å². The van der Waals surface area contributed by atoms with Crippen LogP contribution in [0.5, 0.6) is 11.9 Å². The van der Waals surface area contributed by atoms with Gasteiger partial charge in [0.2, 0.25) is 12.0 Å². The molecule has 0 bridgehead atoms. The summed E-state index contributed by atoms with van der Waals surface area (Å²) in [5, 5.41) is 7.35. The molecule has 3 heterocycles. The van der Waals surface area contributed by atoms with Gasteiger partial charge in [0.05, 0.1) is 55.1 Å². The minimum absolute atomic E-state index is 0.123. The number of carbonyl (C=O) groups excluding carboxylic acids is 1. The Morgan fingerprint density at radius 1 is 1.07 bits per heavy atom. The number of methoxy groups -OCH3 is 2. The lowest BCUT2D eigenvalue weighted by Crippen LogP contribution is -2.47. The highest BCUT2D eigenvalue weighted by Gasteiger charge is 2.32. The van der Waals surface area contributed by atoms with E-state index in [2.05, 4.69) is 25.5 Å². The molecule has 2 N–H and O–H groups in total. The number of halogens is 2. The molecule has 1 amide bonds. The first kappa shape index (κ1) is 28.8. The average Bonchev–Trinajstić information content (AvgIpc) is 3.07. The average molecular weight is 617 g/mol. The second kappa shape index (κ2) is 12.4. The second-order valence-electron chi connectivity index (χ2n) is 9.08. The highest BCUT2D eigenvalue weighted by atomic mass is 35.5. The van der Waals surface area contributed by atoms with Gasteiger partial charge in [-0.2, -0.15) is 4.98 Å². The molecule has 1 saturated heterocycles. The van der Waals surface area contributed by atoms with Crippen LogP contribution in [0.25, 0.3) is 0 Å². The summed E-state index contributed by atoms with van der Waals surface area (Å²) in [5.41, 5.74) is 3.58. The summed E-state index contributed by atoms with van der Waals surface area (Å²) in [4.78, 5) is 30.6. The van der Waals surface area contributed by atoms with Gasteiger partial charge in [-0.05, 0) is 48.6 Å². The predicted octanol–water partition coefficient (Wildman–Crippen LogP) is 3.76. The van der Waals surface area contributed by atoms with Gasteiger partial charge in [-0.15, -0.1) is 0 Å².